The van der Waals surface area contributed by atoms with Crippen LogP contribution in [0.2, 0.25) is 0 Å². The summed E-state index contributed by atoms with van der Waals surface area (Å²) in [5.74, 6) is -0.148. The molecule has 2 unspecified atom stereocenters. The van der Waals surface area contributed by atoms with Gasteiger partial charge >= 0.3 is 5.97 Å². The molecule has 3 nitrogen and oxygen atoms in total. The maximum absolute atomic E-state index is 10.8. The summed E-state index contributed by atoms with van der Waals surface area (Å²) in [6.07, 6.45) is 1.90. The van der Waals surface area contributed by atoms with E-state index >= 15 is 0 Å². The predicted molar refractivity (Wildman–Crippen MR) is 76.0 cm³/mol. The van der Waals surface area contributed by atoms with Crippen LogP contribution in [-0.2, 0) is 17.8 Å². The average Bonchev–Trinajstić information content (AvgIpc) is 3.11. The van der Waals surface area contributed by atoms with E-state index in [9.17, 15) is 4.79 Å². The smallest absolute Gasteiger partial charge is 0.308 e. The molecule has 1 aliphatic carbocycles. The molecule has 19 heavy (non-hydrogen) atoms. The lowest BCUT2D eigenvalue weighted by Crippen LogP contribution is -2.23. The molecule has 0 bridgehead atoms. The molecule has 2 atom stereocenters. The molecule has 3 heteroatoms. The molecule has 0 aliphatic heterocycles. The highest BCUT2D eigenvalue weighted by Gasteiger charge is 2.45. The fourth-order valence-electron chi connectivity index (χ4n) is 2.59. The molecule has 1 fully saturated rings. The van der Waals surface area contributed by atoms with Crippen LogP contribution in [-0.4, -0.2) is 29.1 Å². The van der Waals surface area contributed by atoms with Crippen molar-refractivity contribution in [2.75, 3.05) is 7.05 Å². The number of benzene rings is 1. The van der Waals surface area contributed by atoms with Gasteiger partial charge in [0.1, 0.15) is 0 Å². The van der Waals surface area contributed by atoms with E-state index in [1.807, 2.05) is 7.05 Å². The summed E-state index contributed by atoms with van der Waals surface area (Å²) in [6.45, 7) is 5.28. The van der Waals surface area contributed by atoms with Crippen LogP contribution in [0, 0.1) is 11.8 Å². The summed E-state index contributed by atoms with van der Waals surface area (Å²) < 4.78 is 0. The van der Waals surface area contributed by atoms with Crippen LogP contribution in [0.3, 0.4) is 0 Å². The lowest BCUT2D eigenvalue weighted by molar-refractivity contribution is -0.138. The van der Waals surface area contributed by atoms with Crippen molar-refractivity contribution in [2.45, 2.75) is 39.3 Å². The number of carboxylic acid groups (broad SMARTS) is 1. The van der Waals surface area contributed by atoms with Gasteiger partial charge in [-0.1, -0.05) is 38.1 Å². The highest BCUT2D eigenvalue weighted by Crippen LogP contribution is 2.35. The second-order valence-corrected chi connectivity index (χ2v) is 6.08. The third kappa shape index (κ3) is 3.80. The molecular formula is C16H23NO2. The summed E-state index contributed by atoms with van der Waals surface area (Å²) in [7, 11) is 2.01. The van der Waals surface area contributed by atoms with Gasteiger partial charge in [-0.15, -0.1) is 0 Å². The molecule has 1 aromatic carbocycles. The quantitative estimate of drug-likeness (QED) is 0.856. The molecule has 1 saturated carbocycles. The molecule has 0 heterocycles. The van der Waals surface area contributed by atoms with Crippen molar-refractivity contribution in [1.82, 2.24) is 4.90 Å². The van der Waals surface area contributed by atoms with E-state index < -0.39 is 5.97 Å². The zero-order valence-corrected chi connectivity index (χ0v) is 12.0. The SMILES string of the molecule is CC(C)Cc1ccc(CN(C)C2CC2C(=O)O)cc1. The molecular weight excluding hydrogens is 238 g/mol. The monoisotopic (exact) mass is 261 g/mol. The van der Waals surface area contributed by atoms with Crippen molar-refractivity contribution in [3.8, 4) is 0 Å². The first kappa shape index (κ1) is 14.1. The summed E-state index contributed by atoms with van der Waals surface area (Å²) in [6, 6.07) is 8.90. The van der Waals surface area contributed by atoms with E-state index in [2.05, 4.69) is 43.0 Å². The largest absolute Gasteiger partial charge is 0.481 e. The normalized spacial score (nSPS) is 21.9. The van der Waals surface area contributed by atoms with Gasteiger partial charge in [0.25, 0.3) is 0 Å². The Bertz CT molecular complexity index is 439. The van der Waals surface area contributed by atoms with Crippen LogP contribution in [0.4, 0.5) is 0 Å². The van der Waals surface area contributed by atoms with Gasteiger partial charge in [-0.2, -0.15) is 0 Å². The van der Waals surface area contributed by atoms with Gasteiger partial charge in [0.15, 0.2) is 0 Å². The Morgan fingerprint density at radius 1 is 1.32 bits per heavy atom. The van der Waals surface area contributed by atoms with Crippen molar-refractivity contribution in [2.24, 2.45) is 11.8 Å². The fraction of sp³-hybridized carbons (Fsp3) is 0.562. The van der Waals surface area contributed by atoms with E-state index in [0.717, 1.165) is 19.4 Å². The molecule has 0 amide bonds. The number of hydrogen-bond acceptors (Lipinski definition) is 2. The summed E-state index contributed by atoms with van der Waals surface area (Å²) in [5.41, 5.74) is 2.63. The lowest BCUT2D eigenvalue weighted by atomic mass is 10.0. The molecule has 0 radical (unpaired) electrons. The number of rotatable bonds is 6. The van der Waals surface area contributed by atoms with Crippen LogP contribution in [0.15, 0.2) is 24.3 Å². The van der Waals surface area contributed by atoms with E-state index in [4.69, 9.17) is 5.11 Å². The number of aliphatic carboxylic acids is 1. The van der Waals surface area contributed by atoms with Gasteiger partial charge in [-0.05, 0) is 36.9 Å². The topological polar surface area (TPSA) is 40.5 Å². The number of carboxylic acids is 1. The molecule has 0 aromatic heterocycles. The van der Waals surface area contributed by atoms with Crippen molar-refractivity contribution < 1.29 is 9.90 Å². The van der Waals surface area contributed by atoms with Crippen molar-refractivity contribution in [1.29, 1.82) is 0 Å². The van der Waals surface area contributed by atoms with E-state index in [1.165, 1.54) is 11.1 Å². The molecule has 104 valence electrons. The minimum absolute atomic E-state index is 0.162. The minimum Gasteiger partial charge on any atom is -0.481 e. The average molecular weight is 261 g/mol. The number of nitrogens with zero attached hydrogens (tertiary/aromatic N) is 1. The second-order valence-electron chi connectivity index (χ2n) is 6.08. The molecule has 0 spiro atoms. The van der Waals surface area contributed by atoms with Gasteiger partial charge in [0.2, 0.25) is 0 Å². The zero-order chi connectivity index (χ0) is 14.0. The Balaban J connectivity index is 1.88. The highest BCUT2D eigenvalue weighted by atomic mass is 16.4. The van der Waals surface area contributed by atoms with Crippen LogP contribution in [0.1, 0.15) is 31.4 Å². The molecule has 0 saturated heterocycles. The van der Waals surface area contributed by atoms with E-state index in [1.54, 1.807) is 0 Å². The van der Waals surface area contributed by atoms with Crippen LogP contribution in [0.5, 0.6) is 0 Å². The van der Waals surface area contributed by atoms with Crippen molar-refractivity contribution in [3.05, 3.63) is 35.4 Å². The molecule has 2 rings (SSSR count). The Morgan fingerprint density at radius 2 is 1.89 bits per heavy atom. The molecule has 1 aromatic rings. The first-order chi connectivity index (χ1) is 8.97. The summed E-state index contributed by atoms with van der Waals surface area (Å²) >= 11 is 0. The van der Waals surface area contributed by atoms with Crippen LogP contribution in [0.25, 0.3) is 0 Å². The lowest BCUT2D eigenvalue weighted by Gasteiger charge is -2.16. The van der Waals surface area contributed by atoms with Gasteiger partial charge in [-0.25, -0.2) is 0 Å². The van der Waals surface area contributed by atoms with Gasteiger partial charge < -0.3 is 5.11 Å². The standard InChI is InChI=1S/C16H23NO2/c1-11(2)8-12-4-6-13(7-5-12)10-17(3)15-9-14(15)16(18)19/h4-7,11,14-15H,8-10H2,1-3H3,(H,18,19). The number of carbonyl (C=O) groups is 1. The second kappa shape index (κ2) is 5.74. The maximum Gasteiger partial charge on any atom is 0.308 e. The third-order valence-electron chi connectivity index (χ3n) is 3.74. The van der Waals surface area contributed by atoms with Crippen molar-refractivity contribution >= 4 is 5.97 Å². The van der Waals surface area contributed by atoms with Gasteiger partial charge in [-0.3, -0.25) is 9.69 Å². The van der Waals surface area contributed by atoms with Crippen LogP contribution >= 0.6 is 0 Å². The van der Waals surface area contributed by atoms with Gasteiger partial charge in [0.05, 0.1) is 5.92 Å². The minimum atomic E-state index is -0.663. The van der Waals surface area contributed by atoms with Crippen molar-refractivity contribution in [3.63, 3.8) is 0 Å². The third-order valence-corrected chi connectivity index (χ3v) is 3.74. The summed E-state index contributed by atoms with van der Waals surface area (Å²) in [5, 5.41) is 8.93. The first-order valence-electron chi connectivity index (χ1n) is 6.98. The maximum atomic E-state index is 10.8. The first-order valence-corrected chi connectivity index (χ1v) is 6.98. The Morgan fingerprint density at radius 3 is 2.37 bits per heavy atom. The van der Waals surface area contributed by atoms with E-state index in [0.29, 0.717) is 5.92 Å². The number of hydrogen-bond donors (Lipinski definition) is 1. The van der Waals surface area contributed by atoms with Crippen LogP contribution < -0.4 is 0 Å². The Kier molecular flexibility index (Phi) is 4.25. The predicted octanol–water partition coefficient (Wildman–Crippen LogP) is 2.79. The Hall–Kier alpha value is -1.35. The summed E-state index contributed by atoms with van der Waals surface area (Å²) in [4.78, 5) is 13.0. The Labute approximate surface area is 115 Å². The fourth-order valence-corrected chi connectivity index (χ4v) is 2.59. The van der Waals surface area contributed by atoms with E-state index in [-0.39, 0.29) is 12.0 Å². The highest BCUT2D eigenvalue weighted by molar-refractivity contribution is 5.74. The van der Waals surface area contributed by atoms with Gasteiger partial charge in [0, 0.05) is 12.6 Å². The molecule has 1 aliphatic rings. The molecule has 1 N–H and O–H groups in total. The zero-order valence-electron chi connectivity index (χ0n) is 12.0.